The summed E-state index contributed by atoms with van der Waals surface area (Å²) in [6.45, 7) is 0. The topological polar surface area (TPSA) is 96.8 Å². The van der Waals surface area contributed by atoms with Crippen molar-refractivity contribution in [2.24, 2.45) is 5.14 Å². The number of hydrogen-bond acceptors (Lipinski definition) is 4. The van der Waals surface area contributed by atoms with E-state index in [-0.39, 0.29) is 5.03 Å². The molecular weight excluding hydrogens is 310 g/mol. The number of nitriles is 1. The first-order valence-electron chi connectivity index (χ1n) is 7.21. The van der Waals surface area contributed by atoms with Crippen molar-refractivity contribution in [3.05, 3.63) is 59.3 Å². The molecule has 1 aromatic heterocycles. The molecule has 6 heteroatoms. The highest BCUT2D eigenvalue weighted by molar-refractivity contribution is 7.89. The Morgan fingerprint density at radius 1 is 1.00 bits per heavy atom. The standard InChI is InChI=1S/C17H15N3O2S/c18-10-12-4-6-13(7-5-12)15-2-1-3-16(15)14-8-9-17(20-11-14)23(19,21)22/h4-9,11H,1-3H2,(H2,19,21,22). The molecule has 2 N–H and O–H groups in total. The Morgan fingerprint density at radius 2 is 1.61 bits per heavy atom. The minimum Gasteiger partial charge on any atom is -0.243 e. The minimum absolute atomic E-state index is 0.125. The number of nitrogens with zero attached hydrogens (tertiary/aromatic N) is 2. The largest absolute Gasteiger partial charge is 0.255 e. The average molecular weight is 325 g/mol. The van der Waals surface area contributed by atoms with Crippen LogP contribution in [0.15, 0.2) is 47.6 Å². The lowest BCUT2D eigenvalue weighted by molar-refractivity contribution is 0.594. The summed E-state index contributed by atoms with van der Waals surface area (Å²) in [4.78, 5) is 3.96. The quantitative estimate of drug-likeness (QED) is 0.938. The number of sulfonamides is 1. The van der Waals surface area contributed by atoms with E-state index in [2.05, 4.69) is 11.1 Å². The smallest absolute Gasteiger partial charge is 0.243 e. The molecule has 0 atom stereocenters. The summed E-state index contributed by atoms with van der Waals surface area (Å²) in [7, 11) is -3.77. The molecule has 0 saturated carbocycles. The second kappa shape index (κ2) is 5.95. The molecule has 1 heterocycles. The lowest BCUT2D eigenvalue weighted by Crippen LogP contribution is -2.13. The number of benzene rings is 1. The molecule has 1 aliphatic rings. The third-order valence-corrected chi connectivity index (χ3v) is 4.78. The Bertz CT molecular complexity index is 906. The molecule has 0 unspecified atom stereocenters. The summed E-state index contributed by atoms with van der Waals surface area (Å²) < 4.78 is 22.6. The molecule has 0 amide bonds. The Balaban J connectivity index is 2.00. The fourth-order valence-electron chi connectivity index (χ4n) is 2.85. The van der Waals surface area contributed by atoms with Gasteiger partial charge in [0.1, 0.15) is 0 Å². The Morgan fingerprint density at radius 3 is 2.13 bits per heavy atom. The first-order valence-corrected chi connectivity index (χ1v) is 8.75. The molecule has 0 saturated heterocycles. The van der Waals surface area contributed by atoms with Gasteiger partial charge in [0.05, 0.1) is 11.6 Å². The summed E-state index contributed by atoms with van der Waals surface area (Å²) in [5, 5.41) is 13.8. The van der Waals surface area contributed by atoms with Gasteiger partial charge in [-0.25, -0.2) is 18.5 Å². The molecule has 1 aliphatic carbocycles. The Hall–Kier alpha value is -2.49. The lowest BCUT2D eigenvalue weighted by Gasteiger charge is -2.09. The zero-order chi connectivity index (χ0) is 16.4. The van der Waals surface area contributed by atoms with Crippen LogP contribution in [0.25, 0.3) is 11.1 Å². The summed E-state index contributed by atoms with van der Waals surface area (Å²) in [6.07, 6.45) is 4.48. The van der Waals surface area contributed by atoms with Crippen LogP contribution in [0.4, 0.5) is 0 Å². The van der Waals surface area contributed by atoms with Crippen molar-refractivity contribution < 1.29 is 8.42 Å². The van der Waals surface area contributed by atoms with Gasteiger partial charge < -0.3 is 0 Å². The number of primary sulfonamides is 1. The van der Waals surface area contributed by atoms with Gasteiger partial charge in [-0.3, -0.25) is 0 Å². The van der Waals surface area contributed by atoms with Gasteiger partial charge in [-0.05, 0) is 59.7 Å². The number of allylic oxidation sites excluding steroid dienone is 2. The van der Waals surface area contributed by atoms with Crippen molar-refractivity contribution in [3.8, 4) is 6.07 Å². The van der Waals surface area contributed by atoms with Gasteiger partial charge in [0.25, 0.3) is 10.0 Å². The van der Waals surface area contributed by atoms with E-state index >= 15 is 0 Å². The van der Waals surface area contributed by atoms with Gasteiger partial charge in [0.2, 0.25) is 0 Å². The predicted octanol–water partition coefficient (Wildman–Crippen LogP) is 2.70. The van der Waals surface area contributed by atoms with Crippen LogP contribution in [0.1, 0.15) is 36.0 Å². The van der Waals surface area contributed by atoms with Crippen molar-refractivity contribution in [1.29, 1.82) is 5.26 Å². The van der Waals surface area contributed by atoms with E-state index < -0.39 is 10.0 Å². The van der Waals surface area contributed by atoms with Crippen molar-refractivity contribution in [3.63, 3.8) is 0 Å². The van der Waals surface area contributed by atoms with E-state index in [1.807, 2.05) is 12.1 Å². The SMILES string of the molecule is N#Cc1ccc(C2=C(c3ccc(S(N)(=O)=O)nc3)CCC2)cc1. The van der Waals surface area contributed by atoms with Crippen molar-refractivity contribution in [2.45, 2.75) is 24.3 Å². The molecule has 3 rings (SSSR count). The van der Waals surface area contributed by atoms with Crippen molar-refractivity contribution in [2.75, 3.05) is 0 Å². The average Bonchev–Trinajstić information content (AvgIpc) is 3.04. The summed E-state index contributed by atoms with van der Waals surface area (Å²) in [5.74, 6) is 0. The van der Waals surface area contributed by atoms with Crippen LogP contribution < -0.4 is 5.14 Å². The first-order chi connectivity index (χ1) is 11.0. The van der Waals surface area contributed by atoms with Gasteiger partial charge in [0.15, 0.2) is 5.03 Å². The molecule has 116 valence electrons. The highest BCUT2D eigenvalue weighted by Gasteiger charge is 2.19. The third-order valence-electron chi connectivity index (χ3n) is 3.96. The van der Waals surface area contributed by atoms with Crippen LogP contribution in [0, 0.1) is 11.3 Å². The Kier molecular flexibility index (Phi) is 3.99. The number of pyridine rings is 1. The normalized spacial score (nSPS) is 14.8. The molecule has 0 spiro atoms. The molecule has 0 radical (unpaired) electrons. The highest BCUT2D eigenvalue weighted by Crippen LogP contribution is 2.39. The lowest BCUT2D eigenvalue weighted by atomic mass is 9.97. The van der Waals surface area contributed by atoms with Gasteiger partial charge >= 0.3 is 0 Å². The molecule has 5 nitrogen and oxygen atoms in total. The summed E-state index contributed by atoms with van der Waals surface area (Å²) >= 11 is 0. The number of rotatable bonds is 3. The van der Waals surface area contributed by atoms with Crippen LogP contribution in [-0.4, -0.2) is 13.4 Å². The van der Waals surface area contributed by atoms with E-state index in [4.69, 9.17) is 10.4 Å². The van der Waals surface area contributed by atoms with Crippen LogP contribution in [0.3, 0.4) is 0 Å². The fraction of sp³-hybridized carbons (Fsp3) is 0.176. The van der Waals surface area contributed by atoms with Gasteiger partial charge in [-0.1, -0.05) is 18.2 Å². The zero-order valence-corrected chi connectivity index (χ0v) is 13.2. The second-order valence-electron chi connectivity index (χ2n) is 5.43. The monoisotopic (exact) mass is 325 g/mol. The molecule has 2 aromatic rings. The number of nitrogens with two attached hydrogens (primary N) is 1. The molecule has 1 aromatic carbocycles. The van der Waals surface area contributed by atoms with Crippen LogP contribution in [0.5, 0.6) is 0 Å². The first kappa shape index (κ1) is 15.4. The molecule has 0 aliphatic heterocycles. The van der Waals surface area contributed by atoms with E-state index in [0.29, 0.717) is 5.56 Å². The predicted molar refractivity (Wildman–Crippen MR) is 87.4 cm³/mol. The van der Waals surface area contributed by atoms with Crippen LogP contribution in [-0.2, 0) is 10.0 Å². The van der Waals surface area contributed by atoms with E-state index in [1.165, 1.54) is 17.2 Å². The van der Waals surface area contributed by atoms with Crippen molar-refractivity contribution >= 4 is 21.2 Å². The minimum atomic E-state index is -3.77. The summed E-state index contributed by atoms with van der Waals surface area (Å²) in [6, 6.07) is 12.8. The maximum Gasteiger partial charge on any atom is 0.255 e. The molecular formula is C17H15N3O2S. The van der Waals surface area contributed by atoms with E-state index in [1.54, 1.807) is 24.4 Å². The maximum absolute atomic E-state index is 11.3. The van der Waals surface area contributed by atoms with E-state index in [9.17, 15) is 8.42 Å². The molecule has 23 heavy (non-hydrogen) atoms. The Labute approximate surface area is 135 Å². The van der Waals surface area contributed by atoms with Crippen LogP contribution >= 0.6 is 0 Å². The number of aromatic nitrogens is 1. The fourth-order valence-corrected chi connectivity index (χ4v) is 3.31. The maximum atomic E-state index is 11.3. The van der Waals surface area contributed by atoms with Gasteiger partial charge in [-0.15, -0.1) is 0 Å². The molecule has 0 bridgehead atoms. The third kappa shape index (κ3) is 3.16. The summed E-state index contributed by atoms with van der Waals surface area (Å²) in [5.41, 5.74) is 5.03. The zero-order valence-electron chi connectivity index (χ0n) is 12.4. The van der Waals surface area contributed by atoms with Crippen molar-refractivity contribution in [1.82, 2.24) is 4.98 Å². The molecule has 0 fully saturated rings. The second-order valence-corrected chi connectivity index (χ2v) is 6.94. The highest BCUT2D eigenvalue weighted by atomic mass is 32.2. The van der Waals surface area contributed by atoms with E-state index in [0.717, 1.165) is 30.4 Å². The number of hydrogen-bond donors (Lipinski definition) is 1. The van der Waals surface area contributed by atoms with Gasteiger partial charge in [0, 0.05) is 6.20 Å². The van der Waals surface area contributed by atoms with Gasteiger partial charge in [-0.2, -0.15) is 5.26 Å². The van der Waals surface area contributed by atoms with Crippen LogP contribution in [0.2, 0.25) is 0 Å².